The molecule has 1 aromatic heterocycles. The average Bonchev–Trinajstić information content (AvgIpc) is 2.83. The van der Waals surface area contributed by atoms with Gasteiger partial charge < -0.3 is 20.8 Å². The molecule has 0 unspecified atom stereocenters. The molecule has 4 N–H and O–H groups in total. The minimum absolute atomic E-state index is 0.130. The molecule has 1 aromatic carbocycles. The van der Waals surface area contributed by atoms with Crippen molar-refractivity contribution in [2.24, 2.45) is 0 Å². The molecular weight excluding hydrogens is 256 g/mol. The quantitative estimate of drug-likeness (QED) is 0.724. The lowest BCUT2D eigenvalue weighted by Crippen LogP contribution is -2.22. The van der Waals surface area contributed by atoms with E-state index in [0.29, 0.717) is 30.2 Å². The Kier molecular flexibility index (Phi) is 4.24. The van der Waals surface area contributed by atoms with Crippen molar-refractivity contribution >= 4 is 17.3 Å². The van der Waals surface area contributed by atoms with Gasteiger partial charge in [0.15, 0.2) is 0 Å². The molecule has 2 aromatic rings. The number of benzene rings is 1. The highest BCUT2D eigenvalue weighted by Gasteiger charge is 2.08. The van der Waals surface area contributed by atoms with Crippen LogP contribution in [-0.2, 0) is 6.54 Å². The van der Waals surface area contributed by atoms with Crippen LogP contribution in [0.4, 0.5) is 11.4 Å². The van der Waals surface area contributed by atoms with Crippen LogP contribution in [0.25, 0.3) is 0 Å². The van der Waals surface area contributed by atoms with Crippen LogP contribution < -0.4 is 16.4 Å². The molecule has 1 amide bonds. The summed E-state index contributed by atoms with van der Waals surface area (Å²) in [6.07, 6.45) is 1.67. The molecular formula is C14H18N4O2. The number of oxazole rings is 1. The highest BCUT2D eigenvalue weighted by molar-refractivity contribution is 5.96. The lowest BCUT2D eigenvalue weighted by Gasteiger charge is -2.09. The van der Waals surface area contributed by atoms with Gasteiger partial charge in [0.25, 0.3) is 5.91 Å². The van der Waals surface area contributed by atoms with Gasteiger partial charge in [0.1, 0.15) is 5.76 Å². The number of nitrogens with two attached hydrogens (primary N) is 1. The summed E-state index contributed by atoms with van der Waals surface area (Å²) in [7, 11) is 0. The van der Waals surface area contributed by atoms with E-state index < -0.39 is 0 Å². The summed E-state index contributed by atoms with van der Waals surface area (Å²) in [6.45, 7) is 4.74. The first-order valence-electron chi connectivity index (χ1n) is 6.43. The van der Waals surface area contributed by atoms with E-state index in [9.17, 15) is 4.79 Å². The van der Waals surface area contributed by atoms with E-state index in [-0.39, 0.29) is 5.91 Å². The predicted octanol–water partition coefficient (Wildman–Crippen LogP) is 1.93. The van der Waals surface area contributed by atoms with Crippen LogP contribution in [-0.4, -0.2) is 17.4 Å². The van der Waals surface area contributed by atoms with Gasteiger partial charge in [-0.3, -0.25) is 4.79 Å². The maximum Gasteiger partial charge on any atom is 0.251 e. The van der Waals surface area contributed by atoms with Gasteiger partial charge in [0.05, 0.1) is 24.1 Å². The van der Waals surface area contributed by atoms with Gasteiger partial charge in [-0.2, -0.15) is 0 Å². The Labute approximate surface area is 117 Å². The number of hydrogen-bond acceptors (Lipinski definition) is 5. The van der Waals surface area contributed by atoms with Crippen molar-refractivity contribution in [1.82, 2.24) is 10.3 Å². The van der Waals surface area contributed by atoms with E-state index in [2.05, 4.69) is 15.6 Å². The molecule has 2 rings (SSSR count). The summed E-state index contributed by atoms with van der Waals surface area (Å²) >= 11 is 0. The highest BCUT2D eigenvalue weighted by atomic mass is 16.4. The van der Waals surface area contributed by atoms with E-state index in [0.717, 1.165) is 11.4 Å². The number of nitrogen functional groups attached to an aromatic ring is 1. The molecule has 0 atom stereocenters. The number of aromatic nitrogens is 1. The van der Waals surface area contributed by atoms with Crippen LogP contribution in [0.5, 0.6) is 0 Å². The second kappa shape index (κ2) is 6.10. The molecule has 1 heterocycles. The first kappa shape index (κ1) is 13.9. The Morgan fingerprint density at radius 2 is 2.25 bits per heavy atom. The molecule has 0 saturated heterocycles. The normalized spacial score (nSPS) is 10.3. The summed E-state index contributed by atoms with van der Waals surface area (Å²) in [5.74, 6) is 1.23. The van der Waals surface area contributed by atoms with Crippen molar-refractivity contribution in [3.05, 3.63) is 41.6 Å². The highest BCUT2D eigenvalue weighted by Crippen LogP contribution is 2.20. The minimum atomic E-state index is -0.130. The lowest BCUT2D eigenvalue weighted by atomic mass is 10.1. The zero-order valence-corrected chi connectivity index (χ0v) is 11.6. The smallest absolute Gasteiger partial charge is 0.251 e. The van der Waals surface area contributed by atoms with Crippen LogP contribution in [0.15, 0.2) is 28.8 Å². The molecule has 0 bridgehead atoms. The van der Waals surface area contributed by atoms with Gasteiger partial charge in [0.2, 0.25) is 5.89 Å². The first-order valence-corrected chi connectivity index (χ1v) is 6.43. The van der Waals surface area contributed by atoms with E-state index in [4.69, 9.17) is 10.2 Å². The first-order chi connectivity index (χ1) is 9.60. The van der Waals surface area contributed by atoms with E-state index >= 15 is 0 Å². The Morgan fingerprint density at radius 3 is 2.85 bits per heavy atom. The molecule has 106 valence electrons. The lowest BCUT2D eigenvalue weighted by molar-refractivity contribution is 0.0956. The van der Waals surface area contributed by atoms with Crippen LogP contribution >= 0.6 is 0 Å². The van der Waals surface area contributed by atoms with Crippen molar-refractivity contribution in [2.45, 2.75) is 20.4 Å². The fourth-order valence-corrected chi connectivity index (χ4v) is 1.78. The largest absolute Gasteiger partial charge is 0.444 e. The molecule has 20 heavy (non-hydrogen) atoms. The minimum Gasteiger partial charge on any atom is -0.444 e. The van der Waals surface area contributed by atoms with E-state index in [1.165, 1.54) is 0 Å². The maximum atomic E-state index is 11.7. The maximum absolute atomic E-state index is 11.7. The number of aryl methyl sites for hydroxylation is 1. The average molecular weight is 274 g/mol. The van der Waals surface area contributed by atoms with Gasteiger partial charge in [-0.05, 0) is 32.0 Å². The zero-order chi connectivity index (χ0) is 14.5. The van der Waals surface area contributed by atoms with Gasteiger partial charge in [-0.25, -0.2) is 4.98 Å². The molecule has 0 radical (unpaired) electrons. The zero-order valence-electron chi connectivity index (χ0n) is 11.6. The number of rotatable bonds is 5. The standard InChI is InChI=1S/C14H18N4O2/c1-3-16-14(19)10-4-5-12(11(15)6-10)17-8-13-18-7-9(2)20-13/h4-7,17H,3,8,15H2,1-2H3,(H,16,19). The fraction of sp³-hybridized carbons (Fsp3) is 0.286. The Bertz CT molecular complexity index is 607. The predicted molar refractivity (Wildman–Crippen MR) is 77.4 cm³/mol. The third-order valence-corrected chi connectivity index (χ3v) is 2.75. The van der Waals surface area contributed by atoms with Crippen LogP contribution in [0.2, 0.25) is 0 Å². The van der Waals surface area contributed by atoms with Crippen molar-refractivity contribution < 1.29 is 9.21 Å². The Morgan fingerprint density at radius 1 is 1.45 bits per heavy atom. The number of nitrogens with zero attached hydrogens (tertiary/aromatic N) is 1. The summed E-state index contributed by atoms with van der Waals surface area (Å²) in [6, 6.07) is 5.15. The number of hydrogen-bond donors (Lipinski definition) is 3. The molecule has 0 aliphatic rings. The van der Waals surface area contributed by atoms with Gasteiger partial charge >= 0.3 is 0 Å². The topological polar surface area (TPSA) is 93.2 Å². The van der Waals surface area contributed by atoms with E-state index in [1.54, 1.807) is 24.4 Å². The monoisotopic (exact) mass is 274 g/mol. The number of amides is 1. The van der Waals surface area contributed by atoms with E-state index in [1.807, 2.05) is 13.8 Å². The molecule has 0 aliphatic heterocycles. The number of nitrogens with one attached hydrogen (secondary N) is 2. The summed E-state index contributed by atoms with van der Waals surface area (Å²) in [5.41, 5.74) is 7.73. The molecule has 0 spiro atoms. The SMILES string of the molecule is CCNC(=O)c1ccc(NCc2ncc(C)o2)c(N)c1. The van der Waals surface area contributed by atoms with Gasteiger partial charge in [-0.1, -0.05) is 0 Å². The number of carbonyl (C=O) groups is 1. The van der Waals surface area contributed by atoms with Crippen LogP contribution in [0.3, 0.4) is 0 Å². The second-order valence-corrected chi connectivity index (χ2v) is 4.38. The Hall–Kier alpha value is -2.50. The van der Waals surface area contributed by atoms with Crippen molar-refractivity contribution in [3.8, 4) is 0 Å². The second-order valence-electron chi connectivity index (χ2n) is 4.38. The summed E-state index contributed by atoms with van der Waals surface area (Å²) in [5, 5.41) is 5.86. The van der Waals surface area contributed by atoms with Crippen LogP contribution in [0.1, 0.15) is 28.9 Å². The molecule has 6 nitrogen and oxygen atoms in total. The molecule has 0 fully saturated rings. The third-order valence-electron chi connectivity index (χ3n) is 2.75. The van der Waals surface area contributed by atoms with Crippen molar-refractivity contribution in [2.75, 3.05) is 17.6 Å². The van der Waals surface area contributed by atoms with Gasteiger partial charge in [0, 0.05) is 12.1 Å². The number of anilines is 2. The van der Waals surface area contributed by atoms with Gasteiger partial charge in [-0.15, -0.1) is 0 Å². The number of carbonyl (C=O) groups excluding carboxylic acids is 1. The fourth-order valence-electron chi connectivity index (χ4n) is 1.78. The molecule has 6 heteroatoms. The third kappa shape index (κ3) is 3.28. The Balaban J connectivity index is 2.04. The molecule has 0 saturated carbocycles. The van der Waals surface area contributed by atoms with Crippen LogP contribution in [0, 0.1) is 6.92 Å². The van der Waals surface area contributed by atoms with Crippen molar-refractivity contribution in [3.63, 3.8) is 0 Å². The summed E-state index contributed by atoms with van der Waals surface area (Å²) < 4.78 is 5.36. The van der Waals surface area contributed by atoms with Crippen molar-refractivity contribution in [1.29, 1.82) is 0 Å². The summed E-state index contributed by atoms with van der Waals surface area (Å²) in [4.78, 5) is 15.8. The molecule has 0 aliphatic carbocycles.